The van der Waals surface area contributed by atoms with Crippen molar-refractivity contribution in [1.82, 2.24) is 5.32 Å². The van der Waals surface area contributed by atoms with Crippen LogP contribution in [-0.4, -0.2) is 25.6 Å². The fourth-order valence-corrected chi connectivity index (χ4v) is 2.12. The summed E-state index contributed by atoms with van der Waals surface area (Å²) >= 11 is 3.45. The van der Waals surface area contributed by atoms with Crippen LogP contribution in [0.2, 0.25) is 0 Å². The molecule has 100 valence electrons. The molecule has 0 bridgehead atoms. The van der Waals surface area contributed by atoms with Crippen LogP contribution in [-0.2, 0) is 11.2 Å². The van der Waals surface area contributed by atoms with Gasteiger partial charge in [-0.15, -0.1) is 0 Å². The Morgan fingerprint density at radius 3 is 2.94 bits per heavy atom. The Labute approximate surface area is 116 Å². The number of hydrogen-bond acceptors (Lipinski definition) is 3. The van der Waals surface area contributed by atoms with Crippen molar-refractivity contribution < 1.29 is 9.53 Å². The van der Waals surface area contributed by atoms with Gasteiger partial charge in [0.25, 0.3) is 0 Å². The molecule has 0 radical (unpaired) electrons. The lowest BCUT2D eigenvalue weighted by atomic mass is 10.1. The van der Waals surface area contributed by atoms with Gasteiger partial charge in [-0.2, -0.15) is 0 Å². The molecule has 1 aromatic carbocycles. The summed E-state index contributed by atoms with van der Waals surface area (Å²) in [6.07, 6.45) is 1.12. The molecule has 18 heavy (non-hydrogen) atoms. The number of amides is 1. The maximum Gasteiger partial charge on any atom is 0.223 e. The lowest BCUT2D eigenvalue weighted by Crippen LogP contribution is -2.24. The molecule has 0 fully saturated rings. The predicted molar refractivity (Wildman–Crippen MR) is 75.7 cm³/mol. The number of nitrogens with one attached hydrogen (secondary N) is 1. The SMILES string of the molecule is CCNC(=O)CCOc1c(Br)cccc1CCN. The first kappa shape index (κ1) is 15.0. The predicted octanol–water partition coefficient (Wildman–Crippen LogP) is 1.86. The van der Waals surface area contributed by atoms with Gasteiger partial charge in [0.15, 0.2) is 0 Å². The number of nitrogens with two attached hydrogens (primary N) is 1. The van der Waals surface area contributed by atoms with Crippen molar-refractivity contribution in [2.75, 3.05) is 19.7 Å². The Morgan fingerprint density at radius 2 is 2.28 bits per heavy atom. The first-order valence-corrected chi connectivity index (χ1v) is 6.85. The zero-order valence-corrected chi connectivity index (χ0v) is 12.1. The van der Waals surface area contributed by atoms with Crippen molar-refractivity contribution in [3.63, 3.8) is 0 Å². The standard InChI is InChI=1S/C13H19BrN2O2/c1-2-16-12(17)7-9-18-13-10(6-8-15)4-3-5-11(13)14/h3-5H,2,6-9,15H2,1H3,(H,16,17). The Kier molecular flexibility index (Phi) is 6.75. The molecule has 0 spiro atoms. The second-order valence-corrected chi connectivity index (χ2v) is 4.67. The van der Waals surface area contributed by atoms with E-state index in [-0.39, 0.29) is 5.91 Å². The van der Waals surface area contributed by atoms with Gasteiger partial charge in [0.2, 0.25) is 5.91 Å². The molecular formula is C13H19BrN2O2. The maximum absolute atomic E-state index is 11.3. The number of ether oxygens (including phenoxy) is 1. The van der Waals surface area contributed by atoms with Gasteiger partial charge in [-0.1, -0.05) is 12.1 Å². The van der Waals surface area contributed by atoms with Gasteiger partial charge in [-0.3, -0.25) is 4.79 Å². The third-order valence-corrected chi connectivity index (χ3v) is 3.04. The molecule has 0 unspecified atom stereocenters. The fourth-order valence-electron chi connectivity index (χ4n) is 1.60. The number of rotatable bonds is 7. The van der Waals surface area contributed by atoms with Crippen LogP contribution in [0.15, 0.2) is 22.7 Å². The van der Waals surface area contributed by atoms with E-state index >= 15 is 0 Å². The van der Waals surface area contributed by atoms with E-state index in [9.17, 15) is 4.79 Å². The van der Waals surface area contributed by atoms with E-state index in [1.807, 2.05) is 25.1 Å². The summed E-state index contributed by atoms with van der Waals surface area (Å²) < 4.78 is 6.57. The van der Waals surface area contributed by atoms with E-state index in [0.717, 1.165) is 22.2 Å². The summed E-state index contributed by atoms with van der Waals surface area (Å²) in [7, 11) is 0. The van der Waals surface area contributed by atoms with Crippen LogP contribution in [0.1, 0.15) is 18.9 Å². The highest BCUT2D eigenvalue weighted by Gasteiger charge is 2.08. The minimum Gasteiger partial charge on any atom is -0.492 e. The second kappa shape index (κ2) is 8.11. The van der Waals surface area contributed by atoms with E-state index in [0.29, 0.717) is 26.1 Å². The molecule has 1 rings (SSSR count). The largest absolute Gasteiger partial charge is 0.492 e. The van der Waals surface area contributed by atoms with Gasteiger partial charge in [0.1, 0.15) is 5.75 Å². The Morgan fingerprint density at radius 1 is 1.50 bits per heavy atom. The number of halogens is 1. The summed E-state index contributed by atoms with van der Waals surface area (Å²) in [6.45, 7) is 3.48. The summed E-state index contributed by atoms with van der Waals surface area (Å²) in [6, 6.07) is 5.85. The summed E-state index contributed by atoms with van der Waals surface area (Å²) in [5, 5.41) is 2.74. The van der Waals surface area contributed by atoms with E-state index in [1.54, 1.807) is 0 Å². The Bertz CT molecular complexity index is 397. The van der Waals surface area contributed by atoms with Crippen LogP contribution in [0.25, 0.3) is 0 Å². The molecule has 0 heterocycles. The molecule has 0 aliphatic rings. The zero-order valence-electron chi connectivity index (χ0n) is 10.5. The molecule has 5 heteroatoms. The van der Waals surface area contributed by atoms with Crippen LogP contribution in [0.5, 0.6) is 5.75 Å². The van der Waals surface area contributed by atoms with Gasteiger partial charge in [-0.25, -0.2) is 0 Å². The molecule has 0 aliphatic carbocycles. The highest BCUT2D eigenvalue weighted by molar-refractivity contribution is 9.10. The van der Waals surface area contributed by atoms with Crippen molar-refractivity contribution in [2.24, 2.45) is 5.73 Å². The van der Waals surface area contributed by atoms with Gasteiger partial charge in [0, 0.05) is 6.54 Å². The fraction of sp³-hybridized carbons (Fsp3) is 0.462. The van der Waals surface area contributed by atoms with Gasteiger partial charge < -0.3 is 15.8 Å². The number of benzene rings is 1. The molecular weight excluding hydrogens is 296 g/mol. The number of carbonyl (C=O) groups is 1. The molecule has 0 saturated heterocycles. The van der Waals surface area contributed by atoms with Crippen molar-refractivity contribution in [3.05, 3.63) is 28.2 Å². The third-order valence-electron chi connectivity index (χ3n) is 2.41. The van der Waals surface area contributed by atoms with Crippen LogP contribution in [0.4, 0.5) is 0 Å². The average Bonchev–Trinajstić information content (AvgIpc) is 2.33. The second-order valence-electron chi connectivity index (χ2n) is 3.82. The smallest absolute Gasteiger partial charge is 0.223 e. The van der Waals surface area contributed by atoms with E-state index in [2.05, 4.69) is 21.2 Å². The lowest BCUT2D eigenvalue weighted by Gasteiger charge is -2.12. The van der Waals surface area contributed by atoms with Gasteiger partial charge in [0.05, 0.1) is 17.5 Å². The van der Waals surface area contributed by atoms with Crippen molar-refractivity contribution in [1.29, 1.82) is 0 Å². The van der Waals surface area contributed by atoms with Gasteiger partial charge in [-0.05, 0) is 47.4 Å². The maximum atomic E-state index is 11.3. The molecule has 1 aromatic rings. The number of hydrogen-bond donors (Lipinski definition) is 2. The van der Waals surface area contributed by atoms with Crippen molar-refractivity contribution in [2.45, 2.75) is 19.8 Å². The monoisotopic (exact) mass is 314 g/mol. The van der Waals surface area contributed by atoms with E-state index in [4.69, 9.17) is 10.5 Å². The summed E-state index contributed by atoms with van der Waals surface area (Å²) in [5.41, 5.74) is 6.62. The zero-order chi connectivity index (χ0) is 13.4. The summed E-state index contributed by atoms with van der Waals surface area (Å²) in [5.74, 6) is 0.789. The number of para-hydroxylation sites is 1. The minimum atomic E-state index is 0.00456. The molecule has 0 aromatic heterocycles. The van der Waals surface area contributed by atoms with Crippen molar-refractivity contribution >= 4 is 21.8 Å². The molecule has 3 N–H and O–H groups in total. The Hall–Kier alpha value is -1.07. The normalized spacial score (nSPS) is 10.2. The first-order valence-electron chi connectivity index (χ1n) is 6.06. The Balaban J connectivity index is 2.57. The minimum absolute atomic E-state index is 0.00456. The lowest BCUT2D eigenvalue weighted by molar-refractivity contribution is -0.121. The highest BCUT2D eigenvalue weighted by atomic mass is 79.9. The molecule has 0 atom stereocenters. The molecule has 0 saturated carbocycles. The first-order chi connectivity index (χ1) is 8.69. The highest BCUT2D eigenvalue weighted by Crippen LogP contribution is 2.29. The molecule has 0 aliphatic heterocycles. The van der Waals surface area contributed by atoms with E-state index in [1.165, 1.54) is 0 Å². The topological polar surface area (TPSA) is 64.3 Å². The van der Waals surface area contributed by atoms with Crippen molar-refractivity contribution in [3.8, 4) is 5.75 Å². The average molecular weight is 315 g/mol. The quantitative estimate of drug-likeness (QED) is 0.807. The van der Waals surface area contributed by atoms with Crippen LogP contribution < -0.4 is 15.8 Å². The van der Waals surface area contributed by atoms with Crippen LogP contribution in [0.3, 0.4) is 0 Å². The third kappa shape index (κ3) is 4.66. The summed E-state index contributed by atoms with van der Waals surface area (Å²) in [4.78, 5) is 11.3. The van der Waals surface area contributed by atoms with Crippen LogP contribution >= 0.6 is 15.9 Å². The van der Waals surface area contributed by atoms with Gasteiger partial charge >= 0.3 is 0 Å². The number of carbonyl (C=O) groups excluding carboxylic acids is 1. The molecule has 4 nitrogen and oxygen atoms in total. The van der Waals surface area contributed by atoms with E-state index < -0.39 is 0 Å². The van der Waals surface area contributed by atoms with Crippen LogP contribution in [0, 0.1) is 0 Å². The molecule has 1 amide bonds.